The molecule has 3 nitrogen and oxygen atoms in total. The van der Waals surface area contributed by atoms with Crippen molar-refractivity contribution in [3.8, 4) is 11.4 Å². The Bertz CT molecular complexity index is 620. The molecule has 0 aliphatic rings. The Morgan fingerprint density at radius 2 is 1.95 bits per heavy atom. The van der Waals surface area contributed by atoms with Crippen molar-refractivity contribution < 1.29 is 4.39 Å². The van der Waals surface area contributed by atoms with Crippen LogP contribution in [0.3, 0.4) is 0 Å². The molecule has 0 spiro atoms. The van der Waals surface area contributed by atoms with Gasteiger partial charge in [-0.15, -0.1) is 0 Å². The van der Waals surface area contributed by atoms with Gasteiger partial charge in [0.2, 0.25) is 0 Å². The fourth-order valence-electron chi connectivity index (χ4n) is 1.97. The number of aryl methyl sites for hydroxylation is 1. The molecule has 0 saturated heterocycles. The van der Waals surface area contributed by atoms with E-state index in [2.05, 4.69) is 54.1 Å². The van der Waals surface area contributed by atoms with Gasteiger partial charge < -0.3 is 5.32 Å². The van der Waals surface area contributed by atoms with Gasteiger partial charge in [-0.2, -0.15) is 0 Å². The maximum absolute atomic E-state index is 13.5. The van der Waals surface area contributed by atoms with Crippen molar-refractivity contribution in [1.29, 1.82) is 0 Å². The molecule has 1 aromatic carbocycles. The largest absolute Gasteiger partial charge is 0.369 e. The highest BCUT2D eigenvalue weighted by molar-refractivity contribution is 9.11. The molecular weight excluding hydrogens is 401 g/mol. The van der Waals surface area contributed by atoms with Gasteiger partial charge in [-0.25, -0.2) is 14.4 Å². The number of anilines is 1. The van der Waals surface area contributed by atoms with E-state index in [9.17, 15) is 4.39 Å². The summed E-state index contributed by atoms with van der Waals surface area (Å²) in [6, 6.07) is 4.52. The Kier molecular flexibility index (Phi) is 5.70. The summed E-state index contributed by atoms with van der Waals surface area (Å²) >= 11 is 6.98. The average molecular weight is 417 g/mol. The zero-order chi connectivity index (χ0) is 15.4. The lowest BCUT2D eigenvalue weighted by atomic mass is 10.2. The van der Waals surface area contributed by atoms with Crippen LogP contribution in [0.15, 0.2) is 27.1 Å². The van der Waals surface area contributed by atoms with Gasteiger partial charge >= 0.3 is 0 Å². The highest BCUT2D eigenvalue weighted by atomic mass is 79.9. The summed E-state index contributed by atoms with van der Waals surface area (Å²) in [6.07, 6.45) is 1.81. The Morgan fingerprint density at radius 3 is 2.62 bits per heavy atom. The van der Waals surface area contributed by atoms with Crippen LogP contribution in [0.5, 0.6) is 0 Å². The number of halogens is 3. The quantitative estimate of drug-likeness (QED) is 0.728. The third-order valence-corrected chi connectivity index (χ3v) is 4.44. The topological polar surface area (TPSA) is 37.8 Å². The van der Waals surface area contributed by atoms with Gasteiger partial charge in [-0.1, -0.05) is 29.3 Å². The highest BCUT2D eigenvalue weighted by Crippen LogP contribution is 2.31. The number of hydrogen-bond donors (Lipinski definition) is 1. The number of benzene rings is 1. The molecule has 1 N–H and O–H groups in total. The molecule has 0 fully saturated rings. The number of hydrogen-bond acceptors (Lipinski definition) is 3. The van der Waals surface area contributed by atoms with Crippen molar-refractivity contribution in [3.63, 3.8) is 0 Å². The smallest absolute Gasteiger partial charge is 0.163 e. The molecule has 0 bridgehead atoms. The minimum absolute atomic E-state index is 0.304. The molecule has 112 valence electrons. The molecule has 1 aromatic heterocycles. The summed E-state index contributed by atoms with van der Waals surface area (Å²) in [5, 5.41) is 3.21. The molecule has 1 heterocycles. The second-order valence-corrected chi connectivity index (χ2v) is 6.21. The normalized spacial score (nSPS) is 10.7. The second kappa shape index (κ2) is 7.31. The van der Waals surface area contributed by atoms with Crippen molar-refractivity contribution in [3.05, 3.63) is 38.7 Å². The third kappa shape index (κ3) is 3.80. The van der Waals surface area contributed by atoms with Crippen molar-refractivity contribution >= 4 is 37.7 Å². The minimum Gasteiger partial charge on any atom is -0.369 e. The summed E-state index contributed by atoms with van der Waals surface area (Å²) in [5.41, 5.74) is 1.58. The van der Waals surface area contributed by atoms with E-state index in [4.69, 9.17) is 0 Å². The lowest BCUT2D eigenvalue weighted by Crippen LogP contribution is -2.06. The number of rotatable bonds is 5. The fourth-order valence-corrected chi connectivity index (χ4v) is 2.91. The maximum atomic E-state index is 13.5. The zero-order valence-electron chi connectivity index (χ0n) is 11.9. The minimum atomic E-state index is -0.304. The van der Waals surface area contributed by atoms with Gasteiger partial charge in [0.25, 0.3) is 0 Å². The number of aromatic nitrogens is 2. The molecule has 0 aliphatic carbocycles. The van der Waals surface area contributed by atoms with Gasteiger partial charge in [-0.3, -0.25) is 0 Å². The Morgan fingerprint density at radius 1 is 1.19 bits per heavy atom. The standard InChI is InChI=1S/C15H16Br2FN3/c1-3-5-12-13(17)15(19-4-2)21-14(20-12)10-8-9(18)6-7-11(10)16/h6-8H,3-5H2,1-2H3,(H,19,20,21). The van der Waals surface area contributed by atoms with E-state index in [1.54, 1.807) is 6.07 Å². The van der Waals surface area contributed by atoms with Crippen LogP contribution in [-0.4, -0.2) is 16.5 Å². The Hall–Kier alpha value is -1.01. The predicted octanol–water partition coefficient (Wildman–Crippen LogP) is 5.19. The van der Waals surface area contributed by atoms with Crippen LogP contribution >= 0.6 is 31.9 Å². The summed E-state index contributed by atoms with van der Waals surface area (Å²) < 4.78 is 15.2. The second-order valence-electron chi connectivity index (χ2n) is 4.56. The first-order valence-electron chi connectivity index (χ1n) is 6.82. The summed E-state index contributed by atoms with van der Waals surface area (Å²) in [6.45, 7) is 4.86. The molecular formula is C15H16Br2FN3. The summed E-state index contributed by atoms with van der Waals surface area (Å²) in [7, 11) is 0. The molecule has 6 heteroatoms. The van der Waals surface area contributed by atoms with Crippen LogP contribution < -0.4 is 5.32 Å². The van der Waals surface area contributed by atoms with Crippen molar-refractivity contribution in [2.45, 2.75) is 26.7 Å². The van der Waals surface area contributed by atoms with Gasteiger partial charge in [0.15, 0.2) is 5.82 Å². The summed E-state index contributed by atoms with van der Waals surface area (Å²) in [4.78, 5) is 9.09. The summed E-state index contributed by atoms with van der Waals surface area (Å²) in [5.74, 6) is 0.952. The molecule has 2 aromatic rings. The van der Waals surface area contributed by atoms with E-state index in [0.29, 0.717) is 11.4 Å². The van der Waals surface area contributed by atoms with Crippen LogP contribution in [0.1, 0.15) is 26.0 Å². The first-order chi connectivity index (χ1) is 10.1. The van der Waals surface area contributed by atoms with Crippen LogP contribution in [0.4, 0.5) is 10.2 Å². The Balaban J connectivity index is 2.59. The van der Waals surface area contributed by atoms with E-state index in [-0.39, 0.29) is 5.82 Å². The van der Waals surface area contributed by atoms with Crippen LogP contribution in [0, 0.1) is 5.82 Å². The molecule has 21 heavy (non-hydrogen) atoms. The third-order valence-electron chi connectivity index (χ3n) is 2.92. The van der Waals surface area contributed by atoms with Crippen LogP contribution in [0.2, 0.25) is 0 Å². The van der Waals surface area contributed by atoms with Gasteiger partial charge in [-0.05, 0) is 47.5 Å². The van der Waals surface area contributed by atoms with Crippen molar-refractivity contribution in [1.82, 2.24) is 9.97 Å². The monoisotopic (exact) mass is 415 g/mol. The molecule has 0 amide bonds. The predicted molar refractivity (Wildman–Crippen MR) is 91.0 cm³/mol. The molecule has 0 aliphatic heterocycles. The van der Waals surface area contributed by atoms with Crippen LogP contribution in [0.25, 0.3) is 11.4 Å². The molecule has 0 saturated carbocycles. The average Bonchev–Trinajstić information content (AvgIpc) is 2.46. The number of nitrogens with zero attached hydrogens (tertiary/aromatic N) is 2. The van der Waals surface area contributed by atoms with Gasteiger partial charge in [0, 0.05) is 16.6 Å². The molecule has 0 radical (unpaired) electrons. The molecule has 2 rings (SSSR count). The van der Waals surface area contributed by atoms with E-state index in [1.807, 2.05) is 6.92 Å². The van der Waals surface area contributed by atoms with Crippen molar-refractivity contribution in [2.75, 3.05) is 11.9 Å². The molecule has 0 atom stereocenters. The van der Waals surface area contributed by atoms with E-state index >= 15 is 0 Å². The Labute approximate surface area is 140 Å². The number of nitrogens with one attached hydrogen (secondary N) is 1. The lowest BCUT2D eigenvalue weighted by molar-refractivity contribution is 0.628. The first-order valence-corrected chi connectivity index (χ1v) is 8.41. The van der Waals surface area contributed by atoms with E-state index in [0.717, 1.165) is 39.8 Å². The molecule has 0 unspecified atom stereocenters. The van der Waals surface area contributed by atoms with Crippen molar-refractivity contribution in [2.24, 2.45) is 0 Å². The maximum Gasteiger partial charge on any atom is 0.163 e. The lowest BCUT2D eigenvalue weighted by Gasteiger charge is -2.12. The highest BCUT2D eigenvalue weighted by Gasteiger charge is 2.15. The van der Waals surface area contributed by atoms with Gasteiger partial charge in [0.05, 0.1) is 10.2 Å². The van der Waals surface area contributed by atoms with E-state index in [1.165, 1.54) is 12.1 Å². The fraction of sp³-hybridized carbons (Fsp3) is 0.333. The first kappa shape index (κ1) is 16.4. The SMILES string of the molecule is CCCc1nc(-c2cc(F)ccc2Br)nc(NCC)c1Br. The van der Waals surface area contributed by atoms with Crippen LogP contribution in [-0.2, 0) is 6.42 Å². The van der Waals surface area contributed by atoms with E-state index < -0.39 is 0 Å². The zero-order valence-corrected chi connectivity index (χ0v) is 15.1. The van der Waals surface area contributed by atoms with Gasteiger partial charge in [0.1, 0.15) is 11.6 Å².